The van der Waals surface area contributed by atoms with Gasteiger partial charge in [-0.2, -0.15) is 0 Å². The highest BCUT2D eigenvalue weighted by Gasteiger charge is 2.25. The molecule has 0 saturated heterocycles. The fraction of sp³-hybridized carbons (Fsp3) is 0.845. The maximum atomic E-state index is 12.9. The lowest BCUT2D eigenvalue weighted by Gasteiger charge is -2.25. The zero-order valence-electron chi connectivity index (χ0n) is 53.5. The van der Waals surface area contributed by atoms with Crippen LogP contribution in [-0.4, -0.2) is 87.4 Å². The lowest BCUT2D eigenvalue weighted by Crippen LogP contribution is -2.40. The standard InChI is InChI=1S/C71H131NO8/c1-6-8-10-12-14-16-18-20-22-24-26-28-30-32-33-34-35-36-37-38-40-42-44-46-48-50-52-54-56-58-60-62-69(74)80-67(66-79-71(70(75)76)77-64-63-72(3,4)5)65-78-68(73)61-59-57-55-53-51-49-47-45-43-41-39-31-29-27-25-23-21-19-17-15-13-11-9-7-2/h8,10,14,16,20,22,26,28,67,71H,6-7,9,11-13,15,17-19,21,23-25,27,29-66H2,1-5H3/p+1/b10-8-,16-14-,22-20-,28-26-. The van der Waals surface area contributed by atoms with E-state index in [1.807, 2.05) is 21.1 Å². The lowest BCUT2D eigenvalue weighted by atomic mass is 10.0. The van der Waals surface area contributed by atoms with Gasteiger partial charge < -0.3 is 28.5 Å². The van der Waals surface area contributed by atoms with Crippen LogP contribution in [0.15, 0.2) is 48.6 Å². The molecule has 0 aromatic rings. The number of nitrogens with zero attached hydrogens (tertiary/aromatic N) is 1. The monoisotopic (exact) mass is 1130 g/mol. The molecule has 0 aromatic carbocycles. The van der Waals surface area contributed by atoms with E-state index >= 15 is 0 Å². The largest absolute Gasteiger partial charge is 0.477 e. The van der Waals surface area contributed by atoms with Crippen molar-refractivity contribution < 1.29 is 42.9 Å². The fourth-order valence-electron chi connectivity index (χ4n) is 10.1. The number of carbonyl (C=O) groups excluding carboxylic acids is 2. The van der Waals surface area contributed by atoms with Crippen molar-refractivity contribution in [2.45, 2.75) is 341 Å². The summed E-state index contributed by atoms with van der Waals surface area (Å²) in [6.45, 7) is 4.83. The number of esters is 2. The van der Waals surface area contributed by atoms with Gasteiger partial charge in [0.1, 0.15) is 13.2 Å². The van der Waals surface area contributed by atoms with E-state index in [-0.39, 0.29) is 38.2 Å². The van der Waals surface area contributed by atoms with Crippen LogP contribution in [0.4, 0.5) is 0 Å². The van der Waals surface area contributed by atoms with Crippen LogP contribution in [0.2, 0.25) is 0 Å². The van der Waals surface area contributed by atoms with Crippen LogP contribution in [0.5, 0.6) is 0 Å². The van der Waals surface area contributed by atoms with Gasteiger partial charge in [0, 0.05) is 12.8 Å². The van der Waals surface area contributed by atoms with Gasteiger partial charge in [0.15, 0.2) is 6.10 Å². The first kappa shape index (κ1) is 77.2. The number of hydrogen-bond acceptors (Lipinski definition) is 7. The van der Waals surface area contributed by atoms with Crippen molar-refractivity contribution in [3.8, 4) is 0 Å². The third-order valence-corrected chi connectivity index (χ3v) is 15.3. The molecule has 0 radical (unpaired) electrons. The Hall–Kier alpha value is -2.75. The van der Waals surface area contributed by atoms with Gasteiger partial charge in [0.2, 0.25) is 0 Å². The van der Waals surface area contributed by atoms with Crippen molar-refractivity contribution in [2.24, 2.45) is 0 Å². The minimum atomic E-state index is -1.51. The van der Waals surface area contributed by atoms with E-state index in [9.17, 15) is 19.5 Å². The number of ether oxygens (including phenoxy) is 4. The van der Waals surface area contributed by atoms with Crippen molar-refractivity contribution >= 4 is 17.9 Å². The van der Waals surface area contributed by atoms with Gasteiger partial charge in [0.25, 0.3) is 6.29 Å². The van der Waals surface area contributed by atoms with E-state index in [1.54, 1.807) is 0 Å². The normalized spacial score (nSPS) is 13.0. The van der Waals surface area contributed by atoms with Crippen LogP contribution < -0.4 is 0 Å². The Morgan fingerprint density at radius 2 is 0.713 bits per heavy atom. The Kier molecular flexibility index (Phi) is 60.2. The maximum Gasteiger partial charge on any atom is 0.361 e. The molecule has 0 saturated carbocycles. The third kappa shape index (κ3) is 62.8. The highest BCUT2D eigenvalue weighted by Crippen LogP contribution is 2.19. The van der Waals surface area contributed by atoms with Crippen LogP contribution in [0.1, 0.15) is 328 Å². The Bertz CT molecular complexity index is 1450. The highest BCUT2D eigenvalue weighted by atomic mass is 16.7. The molecule has 0 bridgehead atoms. The average Bonchev–Trinajstić information content (AvgIpc) is 3.43. The fourth-order valence-corrected chi connectivity index (χ4v) is 10.1. The third-order valence-electron chi connectivity index (χ3n) is 15.3. The molecule has 0 heterocycles. The zero-order chi connectivity index (χ0) is 58.3. The summed E-state index contributed by atoms with van der Waals surface area (Å²) in [7, 11) is 5.99. The molecule has 0 aliphatic carbocycles. The van der Waals surface area contributed by atoms with Gasteiger partial charge in [-0.05, 0) is 51.4 Å². The van der Waals surface area contributed by atoms with Crippen LogP contribution in [0.25, 0.3) is 0 Å². The SMILES string of the molecule is CC/C=C\C/C=C\C/C=C\C/C=C\CCCCCCCCCCCCCCCCCCCCC(=O)OC(COC(=O)CCCCCCCCCCCCCCCCCCCCCCCCCC)COC(OCC[N+](C)(C)C)C(=O)O. The molecule has 0 aliphatic rings. The molecule has 2 atom stereocenters. The number of hydrogen-bond donors (Lipinski definition) is 1. The summed E-state index contributed by atoms with van der Waals surface area (Å²) in [4.78, 5) is 37.6. The topological polar surface area (TPSA) is 108 Å². The van der Waals surface area contributed by atoms with Crippen LogP contribution >= 0.6 is 0 Å². The molecule has 0 spiro atoms. The number of carboxylic acid groups (broad SMARTS) is 1. The zero-order valence-corrected chi connectivity index (χ0v) is 53.5. The number of carboxylic acids is 1. The summed E-state index contributed by atoms with van der Waals surface area (Å²) < 4.78 is 23.0. The second-order valence-corrected chi connectivity index (χ2v) is 24.5. The summed E-state index contributed by atoms with van der Waals surface area (Å²) in [6, 6.07) is 0. The number of carbonyl (C=O) groups is 3. The van der Waals surface area contributed by atoms with Gasteiger partial charge in [0.05, 0.1) is 34.4 Å². The predicted molar refractivity (Wildman–Crippen MR) is 341 cm³/mol. The van der Waals surface area contributed by atoms with Crippen molar-refractivity contribution in [1.82, 2.24) is 0 Å². The molecule has 0 amide bonds. The quantitative estimate of drug-likeness (QED) is 0.0211. The summed E-state index contributed by atoms with van der Waals surface area (Å²) in [6.07, 6.45) is 76.5. The van der Waals surface area contributed by atoms with Gasteiger partial charge in [-0.1, -0.05) is 313 Å². The maximum absolute atomic E-state index is 12.9. The van der Waals surface area contributed by atoms with Crippen molar-refractivity contribution in [3.63, 3.8) is 0 Å². The molecule has 80 heavy (non-hydrogen) atoms. The Balaban J connectivity index is 4.08. The smallest absolute Gasteiger partial charge is 0.361 e. The molecule has 2 unspecified atom stereocenters. The molecule has 9 nitrogen and oxygen atoms in total. The lowest BCUT2D eigenvalue weighted by molar-refractivity contribution is -0.870. The number of quaternary nitrogens is 1. The summed E-state index contributed by atoms with van der Waals surface area (Å²) >= 11 is 0. The molecule has 468 valence electrons. The van der Waals surface area contributed by atoms with E-state index < -0.39 is 18.4 Å². The molecule has 9 heteroatoms. The molecular formula is C71H132NO8+. The Morgan fingerprint density at radius 3 is 1.06 bits per heavy atom. The average molecular weight is 1130 g/mol. The van der Waals surface area contributed by atoms with E-state index in [2.05, 4.69) is 62.5 Å². The van der Waals surface area contributed by atoms with Gasteiger partial charge >= 0.3 is 17.9 Å². The second-order valence-electron chi connectivity index (χ2n) is 24.5. The number of aliphatic carboxylic acids is 1. The van der Waals surface area contributed by atoms with Gasteiger partial charge in [-0.15, -0.1) is 0 Å². The highest BCUT2D eigenvalue weighted by molar-refractivity contribution is 5.71. The van der Waals surface area contributed by atoms with Crippen molar-refractivity contribution in [1.29, 1.82) is 0 Å². The number of likely N-dealkylation sites (N-methyl/N-ethyl adjacent to an activating group) is 1. The molecule has 0 aromatic heterocycles. The minimum Gasteiger partial charge on any atom is -0.477 e. The first-order chi connectivity index (χ1) is 39.1. The van der Waals surface area contributed by atoms with Gasteiger partial charge in [-0.3, -0.25) is 9.59 Å². The van der Waals surface area contributed by atoms with Crippen molar-refractivity contribution in [3.05, 3.63) is 48.6 Å². The van der Waals surface area contributed by atoms with Crippen LogP contribution in [0.3, 0.4) is 0 Å². The van der Waals surface area contributed by atoms with Crippen LogP contribution in [0, 0.1) is 0 Å². The molecule has 0 aliphatic heterocycles. The first-order valence-corrected chi connectivity index (χ1v) is 34.3. The second kappa shape index (κ2) is 62.3. The summed E-state index contributed by atoms with van der Waals surface area (Å²) in [5.74, 6) is -1.98. The summed E-state index contributed by atoms with van der Waals surface area (Å²) in [5, 5.41) is 9.74. The molecule has 1 N–H and O–H groups in total. The van der Waals surface area contributed by atoms with Gasteiger partial charge in [-0.25, -0.2) is 4.79 Å². The van der Waals surface area contributed by atoms with Crippen LogP contribution in [-0.2, 0) is 33.3 Å². The van der Waals surface area contributed by atoms with Crippen molar-refractivity contribution in [2.75, 3.05) is 47.5 Å². The molecular weight excluding hydrogens is 995 g/mol. The number of rotatable bonds is 64. The number of allylic oxidation sites excluding steroid dienone is 8. The molecule has 0 fully saturated rings. The Labute approximate surface area is 495 Å². The van der Waals surface area contributed by atoms with E-state index in [0.717, 1.165) is 64.2 Å². The summed E-state index contributed by atoms with van der Waals surface area (Å²) in [5.41, 5.74) is 0. The first-order valence-electron chi connectivity index (χ1n) is 34.3. The van der Waals surface area contributed by atoms with E-state index in [0.29, 0.717) is 17.4 Å². The number of unbranched alkanes of at least 4 members (excludes halogenated alkanes) is 41. The predicted octanol–water partition coefficient (Wildman–Crippen LogP) is 21.0. The molecule has 0 rings (SSSR count). The minimum absolute atomic E-state index is 0.176. The van der Waals surface area contributed by atoms with E-state index in [1.165, 1.54) is 238 Å². The van der Waals surface area contributed by atoms with E-state index in [4.69, 9.17) is 18.9 Å². The Morgan fingerprint density at radius 1 is 0.388 bits per heavy atom.